The van der Waals surface area contributed by atoms with Crippen molar-refractivity contribution in [3.8, 4) is 6.07 Å². The van der Waals surface area contributed by atoms with Gasteiger partial charge in [-0.15, -0.1) is 0 Å². The zero-order valence-electron chi connectivity index (χ0n) is 13.2. The zero-order chi connectivity index (χ0) is 16.7. The smallest absolute Gasteiger partial charge is 0.333 e. The van der Waals surface area contributed by atoms with Crippen molar-refractivity contribution in [3.05, 3.63) is 71.8 Å². The number of carbonyl (C=O) groups excluding carboxylic acids is 1. The molecule has 0 atom stereocenters. The second kappa shape index (κ2) is 7.57. The highest BCUT2D eigenvalue weighted by atomic mass is 16.6. The fourth-order valence-electron chi connectivity index (χ4n) is 2.13. The predicted molar refractivity (Wildman–Crippen MR) is 86.5 cm³/mol. The number of carbonyl (C=O) groups is 1. The molecule has 0 aromatic heterocycles. The third kappa shape index (κ3) is 4.94. The Labute approximate surface area is 136 Å². The first-order valence-electron chi connectivity index (χ1n) is 7.36. The molecule has 0 aliphatic heterocycles. The molecule has 2 aromatic carbocycles. The summed E-state index contributed by atoms with van der Waals surface area (Å²) in [6.45, 7) is 2.85. The monoisotopic (exact) mass is 309 g/mol. The van der Waals surface area contributed by atoms with E-state index in [9.17, 15) is 4.79 Å². The highest BCUT2D eigenvalue weighted by Gasteiger charge is 2.23. The van der Waals surface area contributed by atoms with Crippen LogP contribution < -0.4 is 0 Å². The van der Waals surface area contributed by atoms with Gasteiger partial charge in [0.05, 0.1) is 0 Å². The lowest BCUT2D eigenvalue weighted by Gasteiger charge is -2.20. The van der Waals surface area contributed by atoms with E-state index >= 15 is 0 Å². The SMILES string of the molecule is CC(C)(C#N)OC(=O)COC(c1ccccc1)c1ccccc1. The van der Waals surface area contributed by atoms with Crippen molar-refractivity contribution in [2.24, 2.45) is 0 Å². The molecule has 0 heterocycles. The molecule has 4 nitrogen and oxygen atoms in total. The standard InChI is InChI=1S/C19H19NO3/c1-19(2,14-20)23-17(21)13-22-18(15-9-5-3-6-10-15)16-11-7-4-8-12-16/h3-12,18H,13H2,1-2H3. The van der Waals surface area contributed by atoms with Crippen LogP contribution >= 0.6 is 0 Å². The molecule has 2 rings (SSSR count). The van der Waals surface area contributed by atoms with Crippen molar-refractivity contribution < 1.29 is 14.3 Å². The number of nitrogens with zero attached hydrogens (tertiary/aromatic N) is 1. The number of ether oxygens (including phenoxy) is 2. The summed E-state index contributed by atoms with van der Waals surface area (Å²) in [4.78, 5) is 11.9. The minimum absolute atomic E-state index is 0.223. The Morgan fingerprint density at radius 1 is 1.04 bits per heavy atom. The van der Waals surface area contributed by atoms with Crippen LogP contribution in [0.15, 0.2) is 60.7 Å². The second-order valence-electron chi connectivity index (χ2n) is 5.61. The van der Waals surface area contributed by atoms with Crippen molar-refractivity contribution >= 4 is 5.97 Å². The Kier molecular flexibility index (Phi) is 5.51. The van der Waals surface area contributed by atoms with Crippen LogP contribution in [0.25, 0.3) is 0 Å². The summed E-state index contributed by atoms with van der Waals surface area (Å²) >= 11 is 0. The van der Waals surface area contributed by atoms with Crippen LogP contribution in [0.2, 0.25) is 0 Å². The van der Waals surface area contributed by atoms with Crippen molar-refractivity contribution in [1.29, 1.82) is 5.26 Å². The van der Waals surface area contributed by atoms with Gasteiger partial charge in [0, 0.05) is 0 Å². The maximum absolute atomic E-state index is 11.9. The Hall–Kier alpha value is -2.64. The normalized spacial score (nSPS) is 11.0. The van der Waals surface area contributed by atoms with Gasteiger partial charge in [-0.3, -0.25) is 0 Å². The molecule has 0 aliphatic carbocycles. The lowest BCUT2D eigenvalue weighted by molar-refractivity contribution is -0.158. The van der Waals surface area contributed by atoms with E-state index in [-0.39, 0.29) is 12.7 Å². The Morgan fingerprint density at radius 2 is 1.52 bits per heavy atom. The topological polar surface area (TPSA) is 59.3 Å². The van der Waals surface area contributed by atoms with Crippen LogP contribution in [0.5, 0.6) is 0 Å². The quantitative estimate of drug-likeness (QED) is 0.764. The van der Waals surface area contributed by atoms with Gasteiger partial charge in [0.1, 0.15) is 18.8 Å². The summed E-state index contributed by atoms with van der Waals surface area (Å²) < 4.78 is 10.9. The predicted octanol–water partition coefficient (Wildman–Crippen LogP) is 3.64. The molecule has 0 amide bonds. The maximum Gasteiger partial charge on any atom is 0.333 e. The molecular formula is C19H19NO3. The number of nitriles is 1. The molecule has 0 spiro atoms. The molecule has 0 saturated carbocycles. The minimum Gasteiger partial charge on any atom is -0.443 e. The van der Waals surface area contributed by atoms with Crippen LogP contribution in [0, 0.1) is 11.3 Å². The lowest BCUT2D eigenvalue weighted by Crippen LogP contribution is -2.28. The number of esters is 1. The fraction of sp³-hybridized carbons (Fsp3) is 0.263. The zero-order valence-corrected chi connectivity index (χ0v) is 13.2. The third-order valence-corrected chi connectivity index (χ3v) is 3.21. The lowest BCUT2D eigenvalue weighted by atomic mass is 10.0. The molecule has 0 N–H and O–H groups in total. The van der Waals surface area contributed by atoms with E-state index in [1.807, 2.05) is 66.7 Å². The molecular weight excluding hydrogens is 290 g/mol. The van der Waals surface area contributed by atoms with E-state index < -0.39 is 11.6 Å². The average molecular weight is 309 g/mol. The van der Waals surface area contributed by atoms with Crippen molar-refractivity contribution in [2.75, 3.05) is 6.61 Å². The Bertz CT molecular complexity index is 635. The summed E-state index contributed by atoms with van der Waals surface area (Å²) in [5, 5.41) is 8.91. The number of hydrogen-bond donors (Lipinski definition) is 0. The molecule has 2 aromatic rings. The van der Waals surface area contributed by atoms with Crippen LogP contribution in [-0.2, 0) is 14.3 Å². The highest BCUT2D eigenvalue weighted by molar-refractivity contribution is 5.71. The summed E-state index contributed by atoms with van der Waals surface area (Å²) in [5.41, 5.74) is 0.743. The van der Waals surface area contributed by atoms with Gasteiger partial charge in [0.2, 0.25) is 0 Å². The van der Waals surface area contributed by atoms with Gasteiger partial charge in [-0.1, -0.05) is 60.7 Å². The summed E-state index contributed by atoms with van der Waals surface area (Å²) in [6, 6.07) is 21.3. The minimum atomic E-state index is -1.16. The van der Waals surface area contributed by atoms with Crippen molar-refractivity contribution in [3.63, 3.8) is 0 Å². The first kappa shape index (κ1) is 16.7. The molecule has 4 heteroatoms. The van der Waals surface area contributed by atoms with Gasteiger partial charge >= 0.3 is 5.97 Å². The van der Waals surface area contributed by atoms with E-state index in [1.165, 1.54) is 13.8 Å². The Balaban J connectivity index is 2.11. The second-order valence-corrected chi connectivity index (χ2v) is 5.61. The largest absolute Gasteiger partial charge is 0.443 e. The van der Waals surface area contributed by atoms with Gasteiger partial charge in [-0.05, 0) is 25.0 Å². The summed E-state index contributed by atoms with van der Waals surface area (Å²) in [7, 11) is 0. The van der Waals surface area contributed by atoms with Gasteiger partial charge in [0.15, 0.2) is 5.60 Å². The highest BCUT2D eigenvalue weighted by Crippen LogP contribution is 2.25. The van der Waals surface area contributed by atoms with Crippen molar-refractivity contribution in [1.82, 2.24) is 0 Å². The summed E-state index contributed by atoms with van der Waals surface area (Å²) in [5.74, 6) is -0.562. The van der Waals surface area contributed by atoms with E-state index in [0.717, 1.165) is 11.1 Å². The number of hydrogen-bond acceptors (Lipinski definition) is 4. The van der Waals surface area contributed by atoms with E-state index in [2.05, 4.69) is 0 Å². The first-order valence-corrected chi connectivity index (χ1v) is 7.36. The fourth-order valence-corrected chi connectivity index (χ4v) is 2.13. The molecule has 0 radical (unpaired) electrons. The van der Waals surface area contributed by atoms with Crippen LogP contribution in [0.4, 0.5) is 0 Å². The van der Waals surface area contributed by atoms with Gasteiger partial charge in [0.25, 0.3) is 0 Å². The maximum atomic E-state index is 11.9. The van der Waals surface area contributed by atoms with Crippen LogP contribution in [0.1, 0.15) is 31.1 Å². The van der Waals surface area contributed by atoms with E-state index in [4.69, 9.17) is 14.7 Å². The molecule has 0 bridgehead atoms. The van der Waals surface area contributed by atoms with Crippen molar-refractivity contribution in [2.45, 2.75) is 25.6 Å². The van der Waals surface area contributed by atoms with Gasteiger partial charge < -0.3 is 9.47 Å². The molecule has 0 aliphatic rings. The summed E-state index contributed by atoms with van der Waals surface area (Å²) in [6.07, 6.45) is -0.366. The first-order chi connectivity index (χ1) is 11.0. The molecule has 23 heavy (non-hydrogen) atoms. The molecule has 0 saturated heterocycles. The van der Waals surface area contributed by atoms with Crippen LogP contribution in [0.3, 0.4) is 0 Å². The van der Waals surface area contributed by atoms with Gasteiger partial charge in [-0.25, -0.2) is 4.79 Å². The molecule has 0 fully saturated rings. The molecule has 118 valence electrons. The van der Waals surface area contributed by atoms with Gasteiger partial charge in [-0.2, -0.15) is 5.26 Å². The Morgan fingerprint density at radius 3 is 1.96 bits per heavy atom. The third-order valence-electron chi connectivity index (χ3n) is 3.21. The number of rotatable bonds is 6. The van der Waals surface area contributed by atoms with Crippen LogP contribution in [-0.4, -0.2) is 18.2 Å². The van der Waals surface area contributed by atoms with E-state index in [0.29, 0.717) is 0 Å². The molecule has 0 unspecified atom stereocenters. The van der Waals surface area contributed by atoms with E-state index in [1.54, 1.807) is 0 Å². The number of benzene rings is 2. The average Bonchev–Trinajstić information content (AvgIpc) is 2.56.